The first-order chi connectivity index (χ1) is 15.0. The molecule has 0 spiro atoms. The molecule has 0 radical (unpaired) electrons. The van der Waals surface area contributed by atoms with Gasteiger partial charge in [-0.15, -0.1) is 0 Å². The lowest BCUT2D eigenvalue weighted by Gasteiger charge is -2.27. The van der Waals surface area contributed by atoms with Gasteiger partial charge in [0.1, 0.15) is 0 Å². The quantitative estimate of drug-likeness (QED) is 0.202. The zero-order valence-electron chi connectivity index (χ0n) is 18.2. The average Bonchev–Trinajstić information content (AvgIpc) is 2.76. The van der Waals surface area contributed by atoms with E-state index in [4.69, 9.17) is 0 Å². The highest BCUT2D eigenvalue weighted by atomic mass is 28.3. The van der Waals surface area contributed by atoms with Crippen LogP contribution in [0.4, 0.5) is 17.6 Å². The van der Waals surface area contributed by atoms with Crippen LogP contribution in [0.2, 0.25) is 18.1 Å². The second-order valence-corrected chi connectivity index (χ2v) is 12.2. The van der Waals surface area contributed by atoms with Gasteiger partial charge in [0.05, 0.1) is 0 Å². The summed E-state index contributed by atoms with van der Waals surface area (Å²) in [6, 6.07) is 14.0. The molecule has 0 N–H and O–H groups in total. The Balaban J connectivity index is 1.51. The molecule has 31 heavy (non-hydrogen) atoms. The topological polar surface area (TPSA) is 9.23 Å². The van der Waals surface area contributed by atoms with E-state index in [-0.39, 0.29) is 0 Å². The van der Waals surface area contributed by atoms with E-state index in [0.29, 0.717) is 11.1 Å². The van der Waals surface area contributed by atoms with Crippen LogP contribution in [0.15, 0.2) is 36.4 Å². The van der Waals surface area contributed by atoms with Crippen molar-refractivity contribution < 1.29 is 22.3 Å². The van der Waals surface area contributed by atoms with Crippen LogP contribution in [0, 0.1) is 17.6 Å². The Morgan fingerprint density at radius 2 is 1.61 bits per heavy atom. The zero-order valence-corrected chi connectivity index (χ0v) is 19.3. The van der Waals surface area contributed by atoms with Crippen molar-refractivity contribution in [3.8, 4) is 16.9 Å². The minimum absolute atomic E-state index is 0.305. The van der Waals surface area contributed by atoms with Crippen molar-refractivity contribution in [1.29, 1.82) is 0 Å². The SMILES string of the molecule is CCCCCC1CC[SiH](CCc2ccc(-c3cc(F)c(OC(F)F)c(F)c3)cc2)CC1. The number of ether oxygens (including phenoxy) is 1. The predicted octanol–water partition coefficient (Wildman–Crippen LogP) is 7.99. The first kappa shape index (κ1) is 23.8. The molecule has 2 aromatic rings. The van der Waals surface area contributed by atoms with Gasteiger partial charge in [0.15, 0.2) is 17.4 Å². The zero-order chi connectivity index (χ0) is 22.2. The minimum Gasteiger partial charge on any atom is -0.429 e. The molecule has 3 rings (SSSR count). The van der Waals surface area contributed by atoms with Crippen LogP contribution in [-0.2, 0) is 6.42 Å². The maximum Gasteiger partial charge on any atom is 0.387 e. The van der Waals surface area contributed by atoms with Gasteiger partial charge in [0.25, 0.3) is 0 Å². The monoisotopic (exact) mass is 452 g/mol. The normalized spacial score (nSPS) is 19.0. The number of halogens is 4. The van der Waals surface area contributed by atoms with E-state index in [0.717, 1.165) is 24.5 Å². The van der Waals surface area contributed by atoms with Gasteiger partial charge in [-0.2, -0.15) is 8.78 Å². The van der Waals surface area contributed by atoms with Crippen molar-refractivity contribution in [2.75, 3.05) is 0 Å². The molecule has 0 aliphatic carbocycles. The van der Waals surface area contributed by atoms with Gasteiger partial charge < -0.3 is 4.74 Å². The molecule has 1 heterocycles. The Bertz CT molecular complexity index is 794. The van der Waals surface area contributed by atoms with Crippen molar-refractivity contribution in [3.05, 3.63) is 53.6 Å². The van der Waals surface area contributed by atoms with E-state index in [2.05, 4.69) is 11.7 Å². The number of alkyl halides is 2. The summed E-state index contributed by atoms with van der Waals surface area (Å²) in [5, 5.41) is 0. The van der Waals surface area contributed by atoms with Crippen LogP contribution < -0.4 is 4.74 Å². The van der Waals surface area contributed by atoms with Gasteiger partial charge in [-0.25, -0.2) is 8.78 Å². The lowest BCUT2D eigenvalue weighted by molar-refractivity contribution is -0.0546. The molecule has 1 saturated heterocycles. The van der Waals surface area contributed by atoms with E-state index in [9.17, 15) is 17.6 Å². The summed E-state index contributed by atoms with van der Waals surface area (Å²) in [7, 11) is -0.653. The summed E-state index contributed by atoms with van der Waals surface area (Å²) in [6.07, 6.45) is 9.35. The van der Waals surface area contributed by atoms with E-state index in [1.807, 2.05) is 24.3 Å². The molecule has 1 fully saturated rings. The summed E-state index contributed by atoms with van der Waals surface area (Å²) in [4.78, 5) is 0. The van der Waals surface area contributed by atoms with Crippen molar-refractivity contribution >= 4 is 8.80 Å². The molecule has 2 aromatic carbocycles. The van der Waals surface area contributed by atoms with Gasteiger partial charge in [0.2, 0.25) is 0 Å². The molecular weight excluding hydrogens is 420 g/mol. The summed E-state index contributed by atoms with van der Waals surface area (Å²) in [5.41, 5.74) is 2.19. The van der Waals surface area contributed by atoms with Crippen LogP contribution in [0.3, 0.4) is 0 Å². The smallest absolute Gasteiger partial charge is 0.387 e. The van der Waals surface area contributed by atoms with E-state index in [1.54, 1.807) is 0 Å². The molecular formula is C25H32F4OSi. The van der Waals surface area contributed by atoms with Crippen molar-refractivity contribution in [2.45, 2.75) is 76.6 Å². The first-order valence-corrected chi connectivity index (χ1v) is 13.9. The lowest BCUT2D eigenvalue weighted by Crippen LogP contribution is -2.21. The lowest BCUT2D eigenvalue weighted by atomic mass is 9.96. The van der Waals surface area contributed by atoms with E-state index in [1.165, 1.54) is 62.2 Å². The van der Waals surface area contributed by atoms with Crippen molar-refractivity contribution in [1.82, 2.24) is 0 Å². The second kappa shape index (κ2) is 11.7. The van der Waals surface area contributed by atoms with E-state index >= 15 is 0 Å². The Hall–Kier alpha value is -1.82. The van der Waals surface area contributed by atoms with Gasteiger partial charge in [-0.3, -0.25) is 0 Å². The first-order valence-electron chi connectivity index (χ1n) is 11.5. The maximum atomic E-state index is 14.0. The van der Waals surface area contributed by atoms with Crippen molar-refractivity contribution in [3.63, 3.8) is 0 Å². The molecule has 0 bridgehead atoms. The Morgan fingerprint density at radius 3 is 2.19 bits per heavy atom. The molecule has 0 atom stereocenters. The second-order valence-electron chi connectivity index (χ2n) is 8.77. The predicted molar refractivity (Wildman–Crippen MR) is 121 cm³/mol. The number of aryl methyl sites for hydroxylation is 1. The van der Waals surface area contributed by atoms with Crippen LogP contribution in [0.1, 0.15) is 51.0 Å². The van der Waals surface area contributed by atoms with Gasteiger partial charge >= 0.3 is 6.61 Å². The third-order valence-corrected chi connectivity index (χ3v) is 9.92. The largest absolute Gasteiger partial charge is 0.429 e. The van der Waals surface area contributed by atoms with Gasteiger partial charge in [-0.1, -0.05) is 87.8 Å². The highest BCUT2D eigenvalue weighted by Gasteiger charge is 2.22. The van der Waals surface area contributed by atoms with Crippen molar-refractivity contribution in [2.24, 2.45) is 5.92 Å². The summed E-state index contributed by atoms with van der Waals surface area (Å²) >= 11 is 0. The molecule has 1 aliphatic rings. The molecule has 6 heteroatoms. The Morgan fingerprint density at radius 1 is 0.968 bits per heavy atom. The summed E-state index contributed by atoms with van der Waals surface area (Å²) in [5.74, 6) is -2.35. The molecule has 1 aliphatic heterocycles. The molecule has 0 aromatic heterocycles. The Kier molecular flexibility index (Phi) is 8.99. The average molecular weight is 453 g/mol. The molecule has 0 saturated carbocycles. The highest BCUT2D eigenvalue weighted by Crippen LogP contribution is 2.32. The summed E-state index contributed by atoms with van der Waals surface area (Å²) in [6.45, 7) is -1.01. The third-order valence-electron chi connectivity index (χ3n) is 6.52. The van der Waals surface area contributed by atoms with Crippen LogP contribution >= 0.6 is 0 Å². The fourth-order valence-corrected chi connectivity index (χ4v) is 8.15. The van der Waals surface area contributed by atoms with Crippen LogP contribution in [0.5, 0.6) is 5.75 Å². The Labute approximate surface area is 184 Å². The summed E-state index contributed by atoms with van der Waals surface area (Å²) < 4.78 is 56.5. The number of unbranched alkanes of at least 4 members (excludes halogenated alkanes) is 2. The van der Waals surface area contributed by atoms with Gasteiger partial charge in [0, 0.05) is 8.80 Å². The minimum atomic E-state index is -3.27. The molecule has 0 unspecified atom stereocenters. The standard InChI is InChI=1S/C25H32F4OSi/c1-2-3-4-5-18-10-13-31(14-11-18)15-12-19-6-8-20(9-7-19)21-16-22(26)24(23(27)17-21)30-25(28)29/h6-9,16-18,25,31H,2-5,10-15H2,1H3. The number of hydrogen-bond donors (Lipinski definition) is 0. The number of rotatable bonds is 10. The fourth-order valence-electron chi connectivity index (χ4n) is 4.65. The molecule has 0 amide bonds. The fraction of sp³-hybridized carbons (Fsp3) is 0.520. The van der Waals surface area contributed by atoms with Crippen LogP contribution in [0.25, 0.3) is 11.1 Å². The van der Waals surface area contributed by atoms with Crippen LogP contribution in [-0.4, -0.2) is 15.4 Å². The highest BCUT2D eigenvalue weighted by molar-refractivity contribution is 6.59. The molecule has 1 nitrogen and oxygen atoms in total. The van der Waals surface area contributed by atoms with Gasteiger partial charge in [-0.05, 0) is 41.2 Å². The maximum absolute atomic E-state index is 14.0. The third kappa shape index (κ3) is 7.09. The van der Waals surface area contributed by atoms with E-state index < -0.39 is 32.8 Å². The number of benzene rings is 2. The number of hydrogen-bond acceptors (Lipinski definition) is 1. The molecule has 170 valence electrons.